The molecule has 2 saturated heterocycles. The van der Waals surface area contributed by atoms with Crippen LogP contribution in [0.15, 0.2) is 54.6 Å². The molecule has 168 valence electrons. The van der Waals surface area contributed by atoms with Crippen molar-refractivity contribution in [1.82, 2.24) is 19.8 Å². The van der Waals surface area contributed by atoms with E-state index < -0.39 is 0 Å². The van der Waals surface area contributed by atoms with Gasteiger partial charge in [0.25, 0.3) is 0 Å². The minimum absolute atomic E-state index is 0.505. The Balaban J connectivity index is 1.17. The number of piperazine rings is 1. The lowest BCUT2D eigenvalue weighted by Crippen LogP contribution is -2.50. The van der Waals surface area contributed by atoms with Crippen LogP contribution in [0, 0.1) is 12.8 Å². The molecule has 1 aromatic heterocycles. The Morgan fingerprint density at radius 3 is 2.31 bits per heavy atom. The molecule has 0 radical (unpaired) electrons. The van der Waals surface area contributed by atoms with Crippen molar-refractivity contribution >= 4 is 16.9 Å². The van der Waals surface area contributed by atoms with Crippen LogP contribution in [0.1, 0.15) is 37.1 Å². The lowest BCUT2D eigenvalue weighted by atomic mass is 9.94. The largest absolute Gasteiger partial charge is 0.353 e. The lowest BCUT2D eigenvalue weighted by Gasteiger charge is -2.41. The molecule has 5 rings (SSSR count). The van der Waals surface area contributed by atoms with Crippen LogP contribution in [0.5, 0.6) is 0 Å². The van der Waals surface area contributed by atoms with Gasteiger partial charge >= 0.3 is 0 Å². The number of likely N-dealkylation sites (tertiary alicyclic amines) is 1. The van der Waals surface area contributed by atoms with Crippen LogP contribution in [0.3, 0.4) is 0 Å². The Hall–Kier alpha value is -2.50. The van der Waals surface area contributed by atoms with Gasteiger partial charge in [-0.2, -0.15) is 0 Å². The molecule has 32 heavy (non-hydrogen) atoms. The van der Waals surface area contributed by atoms with Gasteiger partial charge in [-0.3, -0.25) is 9.80 Å². The van der Waals surface area contributed by atoms with Crippen LogP contribution in [0.4, 0.5) is 5.82 Å². The monoisotopic (exact) mass is 429 g/mol. The van der Waals surface area contributed by atoms with E-state index in [0.29, 0.717) is 6.04 Å². The van der Waals surface area contributed by atoms with E-state index in [4.69, 9.17) is 9.97 Å². The molecule has 3 heterocycles. The van der Waals surface area contributed by atoms with Crippen molar-refractivity contribution in [2.24, 2.45) is 5.92 Å². The first-order chi connectivity index (χ1) is 15.7. The van der Waals surface area contributed by atoms with Crippen molar-refractivity contribution in [1.29, 1.82) is 0 Å². The number of fused-ring (bicyclic) bond motifs is 1. The smallest absolute Gasteiger partial charge is 0.150 e. The third-order valence-electron chi connectivity index (χ3n) is 7.29. The normalized spacial score (nSPS) is 21.7. The Labute approximate surface area is 192 Å². The van der Waals surface area contributed by atoms with E-state index in [9.17, 15) is 0 Å². The van der Waals surface area contributed by atoms with Crippen molar-refractivity contribution in [2.75, 3.05) is 50.7 Å². The van der Waals surface area contributed by atoms with E-state index in [-0.39, 0.29) is 0 Å². The quantitative estimate of drug-likeness (QED) is 0.595. The zero-order chi connectivity index (χ0) is 21.9. The van der Waals surface area contributed by atoms with Crippen LogP contribution in [-0.4, -0.2) is 65.6 Å². The summed E-state index contributed by atoms with van der Waals surface area (Å²) in [6.45, 7) is 12.4. The number of rotatable bonds is 5. The maximum Gasteiger partial charge on any atom is 0.150 e. The predicted octanol–water partition coefficient (Wildman–Crippen LogP) is 4.53. The van der Waals surface area contributed by atoms with Gasteiger partial charge < -0.3 is 4.90 Å². The van der Waals surface area contributed by atoms with E-state index in [1.54, 1.807) is 0 Å². The van der Waals surface area contributed by atoms with Gasteiger partial charge in [0.2, 0.25) is 0 Å². The van der Waals surface area contributed by atoms with Gasteiger partial charge in [-0.15, -0.1) is 0 Å². The van der Waals surface area contributed by atoms with Crippen molar-refractivity contribution in [2.45, 2.75) is 32.7 Å². The van der Waals surface area contributed by atoms with Gasteiger partial charge in [-0.25, -0.2) is 9.97 Å². The molecule has 2 atom stereocenters. The average Bonchev–Trinajstić information content (AvgIpc) is 2.84. The summed E-state index contributed by atoms with van der Waals surface area (Å²) in [6.07, 6.45) is 2.67. The minimum atomic E-state index is 0.505. The molecule has 0 spiro atoms. The summed E-state index contributed by atoms with van der Waals surface area (Å²) in [7, 11) is 0. The highest BCUT2D eigenvalue weighted by Gasteiger charge is 2.27. The first-order valence-corrected chi connectivity index (χ1v) is 12.2. The third-order valence-corrected chi connectivity index (χ3v) is 7.29. The Morgan fingerprint density at radius 2 is 1.56 bits per heavy atom. The van der Waals surface area contributed by atoms with Gasteiger partial charge in [0.15, 0.2) is 5.82 Å². The van der Waals surface area contributed by atoms with E-state index in [1.165, 1.54) is 38.0 Å². The second kappa shape index (κ2) is 9.55. The number of benzene rings is 2. The summed E-state index contributed by atoms with van der Waals surface area (Å²) in [5, 5.41) is 0. The van der Waals surface area contributed by atoms with Gasteiger partial charge in [-0.05, 0) is 56.8 Å². The number of hydrogen-bond donors (Lipinski definition) is 0. The Kier molecular flexibility index (Phi) is 6.37. The highest BCUT2D eigenvalue weighted by molar-refractivity contribution is 5.76. The van der Waals surface area contributed by atoms with Crippen LogP contribution in [0.25, 0.3) is 11.0 Å². The van der Waals surface area contributed by atoms with E-state index >= 15 is 0 Å². The molecule has 0 saturated carbocycles. The van der Waals surface area contributed by atoms with Crippen molar-refractivity contribution in [3.05, 3.63) is 65.9 Å². The van der Waals surface area contributed by atoms with E-state index in [1.807, 2.05) is 18.2 Å². The third kappa shape index (κ3) is 4.64. The van der Waals surface area contributed by atoms with Gasteiger partial charge in [0.1, 0.15) is 0 Å². The fraction of sp³-hybridized carbons (Fsp3) is 0.481. The molecule has 2 unspecified atom stereocenters. The van der Waals surface area contributed by atoms with Crippen LogP contribution >= 0.6 is 0 Å². The molecular weight excluding hydrogens is 394 g/mol. The number of aryl methyl sites for hydroxylation is 1. The van der Waals surface area contributed by atoms with Crippen molar-refractivity contribution < 1.29 is 0 Å². The molecule has 2 aromatic carbocycles. The zero-order valence-electron chi connectivity index (χ0n) is 19.5. The summed E-state index contributed by atoms with van der Waals surface area (Å²) in [5.41, 5.74) is 4.45. The summed E-state index contributed by atoms with van der Waals surface area (Å²) in [4.78, 5) is 17.5. The second-order valence-corrected chi connectivity index (χ2v) is 9.50. The fourth-order valence-electron chi connectivity index (χ4n) is 5.43. The highest BCUT2D eigenvalue weighted by Crippen LogP contribution is 2.28. The number of piperidine rings is 1. The second-order valence-electron chi connectivity index (χ2n) is 9.50. The number of anilines is 1. The molecule has 2 aliphatic heterocycles. The number of hydrogen-bond acceptors (Lipinski definition) is 5. The molecule has 0 aliphatic carbocycles. The van der Waals surface area contributed by atoms with Gasteiger partial charge in [0, 0.05) is 45.3 Å². The Bertz CT molecular complexity index is 1030. The SMILES string of the molecule is Cc1nc2ccccc2nc1N1CCN(CC2CCCN(C(C)c3ccccc3)C2)CC1. The van der Waals surface area contributed by atoms with Crippen LogP contribution in [0.2, 0.25) is 0 Å². The summed E-state index contributed by atoms with van der Waals surface area (Å²) >= 11 is 0. The number of aromatic nitrogens is 2. The fourth-order valence-corrected chi connectivity index (χ4v) is 5.43. The van der Waals surface area contributed by atoms with Gasteiger partial charge in [0.05, 0.1) is 16.7 Å². The molecular formula is C27H35N5. The highest BCUT2D eigenvalue weighted by atomic mass is 15.3. The number of para-hydroxylation sites is 2. The molecule has 0 bridgehead atoms. The molecule has 0 N–H and O–H groups in total. The summed E-state index contributed by atoms with van der Waals surface area (Å²) in [5.74, 6) is 1.83. The van der Waals surface area contributed by atoms with Gasteiger partial charge in [-0.1, -0.05) is 42.5 Å². The van der Waals surface area contributed by atoms with Crippen LogP contribution < -0.4 is 4.90 Å². The molecule has 0 amide bonds. The van der Waals surface area contributed by atoms with E-state index in [2.05, 4.69) is 64.9 Å². The average molecular weight is 430 g/mol. The molecule has 2 fully saturated rings. The summed E-state index contributed by atoms with van der Waals surface area (Å²) in [6, 6.07) is 19.7. The maximum absolute atomic E-state index is 4.94. The molecule has 5 heteroatoms. The predicted molar refractivity (Wildman–Crippen MR) is 132 cm³/mol. The van der Waals surface area contributed by atoms with Crippen molar-refractivity contribution in [3.8, 4) is 0 Å². The standard InChI is InChI=1S/C27H35N5/c1-21-27(29-26-13-7-6-12-25(26)28-21)31-17-15-30(16-18-31)19-23-9-8-14-32(20-23)22(2)24-10-4-3-5-11-24/h3-7,10-13,22-23H,8-9,14-20H2,1-2H3. The first-order valence-electron chi connectivity index (χ1n) is 12.2. The van der Waals surface area contributed by atoms with E-state index in [0.717, 1.165) is 54.6 Å². The Morgan fingerprint density at radius 1 is 0.875 bits per heavy atom. The summed E-state index contributed by atoms with van der Waals surface area (Å²) < 4.78 is 0. The van der Waals surface area contributed by atoms with Crippen molar-refractivity contribution in [3.63, 3.8) is 0 Å². The number of nitrogens with zero attached hydrogens (tertiary/aromatic N) is 5. The molecule has 5 nitrogen and oxygen atoms in total. The maximum atomic E-state index is 4.94. The van der Waals surface area contributed by atoms with Crippen LogP contribution in [-0.2, 0) is 0 Å². The lowest BCUT2D eigenvalue weighted by molar-refractivity contribution is 0.102. The zero-order valence-corrected chi connectivity index (χ0v) is 19.5. The molecule has 2 aliphatic rings. The topological polar surface area (TPSA) is 35.5 Å². The molecule has 3 aromatic rings. The first kappa shape index (κ1) is 21.4. The minimum Gasteiger partial charge on any atom is -0.353 e.